The molecule has 0 amide bonds. The molecule has 2 atom stereocenters. The van der Waals surface area contributed by atoms with Crippen LogP contribution in [0.4, 0.5) is 0 Å². The molecule has 0 spiro atoms. The van der Waals surface area contributed by atoms with E-state index in [-0.39, 0.29) is 31.1 Å². The minimum atomic E-state index is -0.761. The van der Waals surface area contributed by atoms with Gasteiger partial charge in [0.1, 0.15) is 13.2 Å². The lowest BCUT2D eigenvalue weighted by Gasteiger charge is -2.18. The van der Waals surface area contributed by atoms with E-state index in [9.17, 15) is 14.4 Å². The van der Waals surface area contributed by atoms with Crippen molar-refractivity contribution >= 4 is 17.9 Å². The van der Waals surface area contributed by atoms with Crippen LogP contribution in [-0.4, -0.2) is 37.2 Å². The van der Waals surface area contributed by atoms with E-state index in [4.69, 9.17) is 14.2 Å². The predicted molar refractivity (Wildman–Crippen MR) is 261 cm³/mol. The lowest BCUT2D eigenvalue weighted by Crippen LogP contribution is -2.30. The second kappa shape index (κ2) is 47.9. The Kier molecular flexibility index (Phi) is 46.6. The van der Waals surface area contributed by atoms with Gasteiger partial charge in [-0.2, -0.15) is 0 Å². The second-order valence-corrected chi connectivity index (χ2v) is 19.6. The van der Waals surface area contributed by atoms with E-state index in [0.717, 1.165) is 69.6 Å². The third kappa shape index (κ3) is 47.7. The zero-order valence-electron chi connectivity index (χ0n) is 41.8. The fourth-order valence-corrected chi connectivity index (χ4v) is 8.31. The SMILES string of the molecule is CCCCCCCCCCCCC(=O)O[C@H](COC(=O)CCCCCCCCCCCCCCCCC(C)CC)COC(=O)CCCCCCCCCCCCCCC(C)C. The zero-order valence-corrected chi connectivity index (χ0v) is 41.8. The molecule has 0 aliphatic rings. The summed E-state index contributed by atoms with van der Waals surface area (Å²) in [5.74, 6) is 0.884. The molecular formula is C55H106O6. The fraction of sp³-hybridized carbons (Fsp3) is 0.945. The predicted octanol–water partition coefficient (Wildman–Crippen LogP) is 17.7. The molecule has 1 unspecified atom stereocenters. The normalized spacial score (nSPS) is 12.5. The van der Waals surface area contributed by atoms with Gasteiger partial charge in [0.15, 0.2) is 6.10 Å². The first-order valence-electron chi connectivity index (χ1n) is 27.3. The summed E-state index contributed by atoms with van der Waals surface area (Å²) in [7, 11) is 0. The van der Waals surface area contributed by atoms with Gasteiger partial charge in [-0.25, -0.2) is 0 Å². The number of rotatable bonds is 49. The molecule has 0 heterocycles. The Morgan fingerprint density at radius 1 is 0.344 bits per heavy atom. The van der Waals surface area contributed by atoms with Gasteiger partial charge >= 0.3 is 17.9 Å². The summed E-state index contributed by atoms with van der Waals surface area (Å²) in [5.41, 5.74) is 0. The Bertz CT molecular complexity index is 933. The third-order valence-corrected chi connectivity index (χ3v) is 12.8. The van der Waals surface area contributed by atoms with Crippen LogP contribution < -0.4 is 0 Å². The average molecular weight is 863 g/mol. The van der Waals surface area contributed by atoms with E-state index in [1.807, 2.05) is 0 Å². The lowest BCUT2D eigenvalue weighted by atomic mass is 9.99. The molecule has 0 aromatic carbocycles. The molecule has 61 heavy (non-hydrogen) atoms. The smallest absolute Gasteiger partial charge is 0.306 e. The van der Waals surface area contributed by atoms with Gasteiger partial charge in [-0.15, -0.1) is 0 Å². The van der Waals surface area contributed by atoms with Crippen LogP contribution in [0.5, 0.6) is 0 Å². The quantitative estimate of drug-likeness (QED) is 0.0344. The van der Waals surface area contributed by atoms with Crippen molar-refractivity contribution in [2.45, 2.75) is 310 Å². The van der Waals surface area contributed by atoms with Crippen LogP contribution in [-0.2, 0) is 28.6 Å². The minimum Gasteiger partial charge on any atom is -0.462 e. The maximum Gasteiger partial charge on any atom is 0.306 e. The maximum absolute atomic E-state index is 12.8. The molecule has 0 aliphatic carbocycles. The Balaban J connectivity index is 4.24. The van der Waals surface area contributed by atoms with Crippen LogP contribution in [0.25, 0.3) is 0 Å². The summed E-state index contributed by atoms with van der Waals surface area (Å²) < 4.78 is 16.8. The van der Waals surface area contributed by atoms with E-state index in [1.165, 1.54) is 193 Å². The highest BCUT2D eigenvalue weighted by atomic mass is 16.6. The maximum atomic E-state index is 12.8. The molecule has 0 aliphatic heterocycles. The van der Waals surface area contributed by atoms with Gasteiger partial charge in [-0.3, -0.25) is 14.4 Å². The van der Waals surface area contributed by atoms with Crippen LogP contribution in [0, 0.1) is 11.8 Å². The highest BCUT2D eigenvalue weighted by Gasteiger charge is 2.19. The summed E-state index contributed by atoms with van der Waals surface area (Å²) in [6.45, 7) is 11.4. The molecule has 0 N–H and O–H groups in total. The topological polar surface area (TPSA) is 78.9 Å². The molecule has 0 saturated carbocycles. The first kappa shape index (κ1) is 59.4. The van der Waals surface area contributed by atoms with Gasteiger partial charge in [0, 0.05) is 19.3 Å². The van der Waals surface area contributed by atoms with Gasteiger partial charge in [0.2, 0.25) is 0 Å². The molecule has 0 saturated heterocycles. The highest BCUT2D eigenvalue weighted by Crippen LogP contribution is 2.18. The van der Waals surface area contributed by atoms with Gasteiger partial charge in [-0.05, 0) is 31.1 Å². The molecule has 0 aromatic heterocycles. The number of carbonyl (C=O) groups is 3. The van der Waals surface area contributed by atoms with Crippen LogP contribution >= 0.6 is 0 Å². The molecular weight excluding hydrogens is 757 g/mol. The first-order chi connectivity index (χ1) is 29.8. The summed E-state index contributed by atoms with van der Waals surface area (Å²) in [6.07, 6.45) is 49.4. The summed E-state index contributed by atoms with van der Waals surface area (Å²) in [5, 5.41) is 0. The third-order valence-electron chi connectivity index (χ3n) is 12.8. The Labute approximate surface area is 380 Å². The molecule has 6 heteroatoms. The van der Waals surface area contributed by atoms with Gasteiger partial charge in [0.05, 0.1) is 0 Å². The summed E-state index contributed by atoms with van der Waals surface area (Å²) >= 11 is 0. The largest absolute Gasteiger partial charge is 0.462 e. The van der Waals surface area contributed by atoms with Crippen molar-refractivity contribution in [3.63, 3.8) is 0 Å². The minimum absolute atomic E-state index is 0.0632. The van der Waals surface area contributed by atoms with Crippen molar-refractivity contribution < 1.29 is 28.6 Å². The Morgan fingerprint density at radius 3 is 0.934 bits per heavy atom. The van der Waals surface area contributed by atoms with E-state index < -0.39 is 6.10 Å². The van der Waals surface area contributed by atoms with Crippen molar-refractivity contribution in [1.29, 1.82) is 0 Å². The number of unbranched alkanes of at least 4 members (excludes halogenated alkanes) is 33. The zero-order chi connectivity index (χ0) is 44.7. The lowest BCUT2D eigenvalue weighted by molar-refractivity contribution is -0.167. The van der Waals surface area contributed by atoms with Crippen molar-refractivity contribution in [3.05, 3.63) is 0 Å². The average Bonchev–Trinajstić information content (AvgIpc) is 3.24. The highest BCUT2D eigenvalue weighted by molar-refractivity contribution is 5.71. The standard InChI is InChI=1S/C55H106O6/c1-6-8-9-10-11-12-25-32-37-42-47-55(58)61-52(49-60-54(57)46-41-36-31-27-22-18-17-19-23-28-33-38-43-50(3)4)48-59-53(56)45-40-35-30-26-21-16-14-13-15-20-24-29-34-39-44-51(5)7-2/h50-52H,6-49H2,1-5H3/t51?,52-/m1/s1. The molecule has 6 nitrogen and oxygen atoms in total. The van der Waals surface area contributed by atoms with Gasteiger partial charge in [0.25, 0.3) is 0 Å². The Morgan fingerprint density at radius 2 is 0.623 bits per heavy atom. The van der Waals surface area contributed by atoms with E-state index in [1.54, 1.807) is 0 Å². The monoisotopic (exact) mass is 863 g/mol. The van der Waals surface area contributed by atoms with E-state index >= 15 is 0 Å². The number of carbonyl (C=O) groups excluding carboxylic acids is 3. The molecule has 362 valence electrons. The molecule has 0 fully saturated rings. The van der Waals surface area contributed by atoms with Crippen LogP contribution in [0.1, 0.15) is 304 Å². The van der Waals surface area contributed by atoms with E-state index in [0.29, 0.717) is 19.3 Å². The second-order valence-electron chi connectivity index (χ2n) is 19.6. The van der Waals surface area contributed by atoms with Gasteiger partial charge < -0.3 is 14.2 Å². The Hall–Kier alpha value is -1.59. The number of esters is 3. The van der Waals surface area contributed by atoms with E-state index in [2.05, 4.69) is 34.6 Å². The fourth-order valence-electron chi connectivity index (χ4n) is 8.31. The van der Waals surface area contributed by atoms with Crippen molar-refractivity contribution in [3.8, 4) is 0 Å². The number of hydrogen-bond donors (Lipinski definition) is 0. The first-order valence-corrected chi connectivity index (χ1v) is 27.3. The molecule has 0 rings (SSSR count). The molecule has 0 bridgehead atoms. The van der Waals surface area contributed by atoms with Crippen molar-refractivity contribution in [2.24, 2.45) is 11.8 Å². The van der Waals surface area contributed by atoms with Crippen molar-refractivity contribution in [1.82, 2.24) is 0 Å². The molecule has 0 radical (unpaired) electrons. The summed E-state index contributed by atoms with van der Waals surface area (Å²) in [4.78, 5) is 38.0. The number of hydrogen-bond acceptors (Lipinski definition) is 6. The van der Waals surface area contributed by atoms with Crippen molar-refractivity contribution in [2.75, 3.05) is 13.2 Å². The molecule has 0 aromatic rings. The van der Waals surface area contributed by atoms with Crippen LogP contribution in [0.2, 0.25) is 0 Å². The number of ether oxygens (including phenoxy) is 3. The van der Waals surface area contributed by atoms with Crippen LogP contribution in [0.3, 0.4) is 0 Å². The van der Waals surface area contributed by atoms with Gasteiger partial charge in [-0.1, -0.05) is 266 Å². The van der Waals surface area contributed by atoms with Crippen LogP contribution in [0.15, 0.2) is 0 Å². The summed E-state index contributed by atoms with van der Waals surface area (Å²) in [6, 6.07) is 0.